The highest BCUT2D eigenvalue weighted by molar-refractivity contribution is 7.92. The van der Waals surface area contributed by atoms with Crippen molar-refractivity contribution in [2.75, 3.05) is 30.1 Å². The smallest absolute Gasteiger partial charge is 0.271 e. The van der Waals surface area contributed by atoms with Gasteiger partial charge in [-0.3, -0.25) is 19.2 Å². The Bertz CT molecular complexity index is 1020. The molecule has 1 amide bonds. The van der Waals surface area contributed by atoms with Crippen LogP contribution in [0.5, 0.6) is 11.5 Å². The number of carbonyl (C=O) groups excluding carboxylic acids is 1. The Labute approximate surface area is 174 Å². The summed E-state index contributed by atoms with van der Waals surface area (Å²) >= 11 is 0. The van der Waals surface area contributed by atoms with Crippen LogP contribution >= 0.6 is 0 Å². The molecule has 0 heterocycles. The zero-order valence-corrected chi connectivity index (χ0v) is 17.8. The van der Waals surface area contributed by atoms with Gasteiger partial charge in [-0.25, -0.2) is 8.42 Å². The number of sulfonamides is 1. The van der Waals surface area contributed by atoms with Gasteiger partial charge >= 0.3 is 0 Å². The second-order valence-corrected chi connectivity index (χ2v) is 8.17. The molecular weight excluding hydrogens is 414 g/mol. The van der Waals surface area contributed by atoms with Crippen LogP contribution in [-0.4, -0.2) is 45.8 Å². The van der Waals surface area contributed by atoms with Crippen LogP contribution in [0.15, 0.2) is 42.5 Å². The summed E-state index contributed by atoms with van der Waals surface area (Å²) in [7, 11) is -1.18. The van der Waals surface area contributed by atoms with Crippen molar-refractivity contribution in [1.82, 2.24) is 0 Å². The molecule has 1 unspecified atom stereocenters. The summed E-state index contributed by atoms with van der Waals surface area (Å²) in [6.45, 7) is 1.64. The number of nitro benzene ring substituents is 1. The Morgan fingerprint density at radius 1 is 1.17 bits per heavy atom. The molecule has 0 aliphatic carbocycles. The van der Waals surface area contributed by atoms with E-state index >= 15 is 0 Å². The molecule has 0 radical (unpaired) electrons. The molecule has 1 N–H and O–H groups in total. The normalized spacial score (nSPS) is 12.0. The number of hydrogen-bond acceptors (Lipinski definition) is 7. The molecule has 2 aromatic rings. The van der Waals surface area contributed by atoms with Gasteiger partial charge in [0.15, 0.2) is 0 Å². The standard InChI is InChI=1S/C19H23N3O7S/c1-5-16(19(23)20-13-6-9-15(28-2)10-7-13)21(30(4,26)27)17-12-14(22(24)25)8-11-18(17)29-3/h6-12,16H,5H2,1-4H3,(H,20,23). The van der Waals surface area contributed by atoms with Crippen molar-refractivity contribution in [3.05, 3.63) is 52.6 Å². The van der Waals surface area contributed by atoms with Crippen molar-refractivity contribution in [3.63, 3.8) is 0 Å². The summed E-state index contributed by atoms with van der Waals surface area (Å²) in [6, 6.07) is 8.91. The summed E-state index contributed by atoms with van der Waals surface area (Å²) < 4.78 is 36.4. The van der Waals surface area contributed by atoms with E-state index in [2.05, 4.69) is 5.32 Å². The Kier molecular flexibility index (Phi) is 7.22. The molecule has 162 valence electrons. The maximum absolute atomic E-state index is 13.0. The lowest BCUT2D eigenvalue weighted by Crippen LogP contribution is -2.47. The SMILES string of the molecule is CCC(C(=O)Nc1ccc(OC)cc1)N(c1cc([N+](=O)[O-])ccc1OC)S(C)(=O)=O. The Morgan fingerprint density at radius 2 is 1.80 bits per heavy atom. The molecule has 10 nitrogen and oxygen atoms in total. The van der Waals surface area contributed by atoms with Gasteiger partial charge in [0, 0.05) is 17.8 Å². The van der Waals surface area contributed by atoms with Crippen LogP contribution in [-0.2, 0) is 14.8 Å². The predicted octanol–water partition coefficient (Wildman–Crippen LogP) is 2.80. The molecule has 0 fully saturated rings. The number of anilines is 2. The van der Waals surface area contributed by atoms with Crippen molar-refractivity contribution in [2.24, 2.45) is 0 Å². The third-order valence-corrected chi connectivity index (χ3v) is 5.46. The van der Waals surface area contributed by atoms with Gasteiger partial charge < -0.3 is 14.8 Å². The minimum Gasteiger partial charge on any atom is -0.497 e. The first-order chi connectivity index (χ1) is 14.1. The highest BCUT2D eigenvalue weighted by Crippen LogP contribution is 2.35. The molecule has 0 aliphatic rings. The molecule has 1 atom stereocenters. The summed E-state index contributed by atoms with van der Waals surface area (Å²) in [6.07, 6.45) is 1.04. The van der Waals surface area contributed by atoms with Crippen LogP contribution in [0.25, 0.3) is 0 Å². The largest absolute Gasteiger partial charge is 0.497 e. The lowest BCUT2D eigenvalue weighted by molar-refractivity contribution is -0.384. The maximum atomic E-state index is 13.0. The van der Waals surface area contributed by atoms with Crippen LogP contribution in [0.4, 0.5) is 17.1 Å². The van der Waals surface area contributed by atoms with E-state index in [0.717, 1.165) is 16.6 Å². The van der Waals surface area contributed by atoms with Gasteiger partial charge in [0.2, 0.25) is 15.9 Å². The highest BCUT2D eigenvalue weighted by Gasteiger charge is 2.34. The molecule has 2 rings (SSSR count). The number of rotatable bonds is 9. The molecule has 0 bridgehead atoms. The second-order valence-electron chi connectivity index (χ2n) is 6.31. The third-order valence-electron chi connectivity index (χ3n) is 4.30. The number of hydrogen-bond donors (Lipinski definition) is 1. The van der Waals surface area contributed by atoms with Gasteiger partial charge in [0.05, 0.1) is 25.4 Å². The first-order valence-corrected chi connectivity index (χ1v) is 10.7. The van der Waals surface area contributed by atoms with Gasteiger partial charge in [-0.05, 0) is 36.8 Å². The first-order valence-electron chi connectivity index (χ1n) is 8.89. The summed E-state index contributed by atoms with van der Waals surface area (Å²) in [5.74, 6) is 0.0857. The number of methoxy groups -OCH3 is 2. The fourth-order valence-electron chi connectivity index (χ4n) is 2.90. The second kappa shape index (κ2) is 9.44. The van der Waals surface area contributed by atoms with Crippen LogP contribution < -0.4 is 19.1 Å². The number of carbonyl (C=O) groups is 1. The fourth-order valence-corrected chi connectivity index (χ4v) is 4.11. The van der Waals surface area contributed by atoms with Crippen molar-refractivity contribution in [2.45, 2.75) is 19.4 Å². The lowest BCUT2D eigenvalue weighted by Gasteiger charge is -2.30. The van der Waals surface area contributed by atoms with E-state index < -0.39 is 26.9 Å². The quantitative estimate of drug-likeness (QED) is 0.472. The van der Waals surface area contributed by atoms with E-state index in [1.807, 2.05) is 0 Å². The number of ether oxygens (including phenoxy) is 2. The zero-order valence-electron chi connectivity index (χ0n) is 17.0. The van der Waals surface area contributed by atoms with Crippen LogP contribution in [0.2, 0.25) is 0 Å². The van der Waals surface area contributed by atoms with E-state index in [1.165, 1.54) is 26.4 Å². The number of nitrogens with zero attached hydrogens (tertiary/aromatic N) is 2. The maximum Gasteiger partial charge on any atom is 0.271 e. The molecule has 0 aliphatic heterocycles. The molecule has 0 saturated carbocycles. The molecule has 2 aromatic carbocycles. The van der Waals surface area contributed by atoms with E-state index in [4.69, 9.17) is 9.47 Å². The van der Waals surface area contributed by atoms with Crippen LogP contribution in [0.3, 0.4) is 0 Å². The number of nitro groups is 1. The summed E-state index contributed by atoms with van der Waals surface area (Å²) in [5, 5.41) is 13.9. The topological polar surface area (TPSA) is 128 Å². The van der Waals surface area contributed by atoms with E-state index in [0.29, 0.717) is 11.4 Å². The zero-order chi connectivity index (χ0) is 22.5. The van der Waals surface area contributed by atoms with E-state index in [1.54, 1.807) is 31.2 Å². The number of nitrogens with one attached hydrogen (secondary N) is 1. The average Bonchev–Trinajstić information content (AvgIpc) is 2.70. The predicted molar refractivity (Wildman–Crippen MR) is 113 cm³/mol. The van der Waals surface area contributed by atoms with Crippen molar-refractivity contribution >= 4 is 33.0 Å². The number of non-ortho nitro benzene ring substituents is 1. The summed E-state index contributed by atoms with van der Waals surface area (Å²) in [5.41, 5.74) is 0.0227. The van der Waals surface area contributed by atoms with E-state index in [-0.39, 0.29) is 23.5 Å². The van der Waals surface area contributed by atoms with Gasteiger partial charge in [-0.1, -0.05) is 6.92 Å². The fraction of sp³-hybridized carbons (Fsp3) is 0.316. The monoisotopic (exact) mass is 437 g/mol. The lowest BCUT2D eigenvalue weighted by atomic mass is 10.1. The van der Waals surface area contributed by atoms with E-state index in [9.17, 15) is 23.3 Å². The van der Waals surface area contributed by atoms with Gasteiger partial charge in [-0.2, -0.15) is 0 Å². The Balaban J connectivity index is 2.49. The van der Waals surface area contributed by atoms with Gasteiger partial charge in [0.1, 0.15) is 23.2 Å². The molecule has 11 heteroatoms. The van der Waals surface area contributed by atoms with Gasteiger partial charge in [-0.15, -0.1) is 0 Å². The molecule has 0 spiro atoms. The number of amides is 1. The third kappa shape index (κ3) is 5.17. The molecule has 0 saturated heterocycles. The Hall–Kier alpha value is -3.34. The molecule has 0 aromatic heterocycles. The van der Waals surface area contributed by atoms with Crippen LogP contribution in [0, 0.1) is 10.1 Å². The van der Waals surface area contributed by atoms with Gasteiger partial charge in [0.25, 0.3) is 5.69 Å². The minimum absolute atomic E-state index is 0.0849. The van der Waals surface area contributed by atoms with Crippen LogP contribution in [0.1, 0.15) is 13.3 Å². The van der Waals surface area contributed by atoms with Crippen molar-refractivity contribution in [3.8, 4) is 11.5 Å². The highest BCUT2D eigenvalue weighted by atomic mass is 32.2. The Morgan fingerprint density at radius 3 is 2.27 bits per heavy atom. The summed E-state index contributed by atoms with van der Waals surface area (Å²) in [4.78, 5) is 23.5. The first kappa shape index (κ1) is 22.9. The molecule has 30 heavy (non-hydrogen) atoms. The van der Waals surface area contributed by atoms with Crippen molar-refractivity contribution < 1.29 is 27.6 Å². The van der Waals surface area contributed by atoms with Crippen molar-refractivity contribution in [1.29, 1.82) is 0 Å². The molecular formula is C19H23N3O7S. The number of benzene rings is 2. The minimum atomic E-state index is -4.00. The average molecular weight is 437 g/mol.